The van der Waals surface area contributed by atoms with Gasteiger partial charge in [-0.1, -0.05) is 35.3 Å². The molecule has 0 radical (unpaired) electrons. The van der Waals surface area contributed by atoms with E-state index in [0.29, 0.717) is 22.0 Å². The highest BCUT2D eigenvalue weighted by Crippen LogP contribution is 2.31. The lowest BCUT2D eigenvalue weighted by Crippen LogP contribution is -2.32. The van der Waals surface area contributed by atoms with Crippen LogP contribution in [0.25, 0.3) is 0 Å². The Kier molecular flexibility index (Phi) is 5.70. The van der Waals surface area contributed by atoms with Gasteiger partial charge in [0.1, 0.15) is 0 Å². The fraction of sp³-hybridized carbons (Fsp3) is 0.500. The molecule has 3 N–H and O–H groups in total. The molecule has 1 aromatic carbocycles. The Morgan fingerprint density at radius 3 is 2.59 bits per heavy atom. The van der Waals surface area contributed by atoms with E-state index in [1.54, 1.807) is 18.2 Å². The Morgan fingerprint density at radius 1 is 1.35 bits per heavy atom. The fourth-order valence-electron chi connectivity index (χ4n) is 1.54. The average molecular weight is 277 g/mol. The van der Waals surface area contributed by atoms with Gasteiger partial charge in [0.25, 0.3) is 0 Å². The predicted molar refractivity (Wildman–Crippen MR) is 72.6 cm³/mol. The van der Waals surface area contributed by atoms with Crippen LogP contribution in [0.2, 0.25) is 10.0 Å². The van der Waals surface area contributed by atoms with Gasteiger partial charge >= 0.3 is 0 Å². The summed E-state index contributed by atoms with van der Waals surface area (Å²) in [6.45, 7) is 0.816. The van der Waals surface area contributed by atoms with E-state index in [9.17, 15) is 5.11 Å². The van der Waals surface area contributed by atoms with Crippen molar-refractivity contribution in [3.63, 3.8) is 0 Å². The molecule has 2 atom stereocenters. The summed E-state index contributed by atoms with van der Waals surface area (Å²) >= 11 is 11.9. The molecule has 3 nitrogen and oxygen atoms in total. The summed E-state index contributed by atoms with van der Waals surface area (Å²) in [7, 11) is 3.93. The fourth-order valence-corrected chi connectivity index (χ4v) is 1.96. The van der Waals surface area contributed by atoms with Crippen molar-refractivity contribution >= 4 is 23.2 Å². The number of halogens is 2. The van der Waals surface area contributed by atoms with Crippen LogP contribution < -0.4 is 5.73 Å². The smallest absolute Gasteiger partial charge is 0.0956 e. The number of rotatable bonds is 5. The second-order valence-electron chi connectivity index (χ2n) is 4.34. The molecule has 0 spiro atoms. The lowest BCUT2D eigenvalue weighted by molar-refractivity contribution is 0.137. The third-order valence-corrected chi connectivity index (χ3v) is 3.45. The molecule has 5 heteroatoms. The maximum atomic E-state index is 10.1. The summed E-state index contributed by atoms with van der Waals surface area (Å²) in [5, 5.41) is 10.9. The zero-order chi connectivity index (χ0) is 13.0. The van der Waals surface area contributed by atoms with E-state index in [0.717, 1.165) is 6.54 Å². The Balaban J connectivity index is 2.74. The lowest BCUT2D eigenvalue weighted by Gasteiger charge is -2.22. The van der Waals surface area contributed by atoms with Gasteiger partial charge in [0.05, 0.1) is 16.1 Å². The van der Waals surface area contributed by atoms with Gasteiger partial charge < -0.3 is 15.7 Å². The van der Waals surface area contributed by atoms with Crippen molar-refractivity contribution in [2.75, 3.05) is 20.6 Å². The zero-order valence-corrected chi connectivity index (χ0v) is 11.5. The summed E-state index contributed by atoms with van der Waals surface area (Å²) in [6.07, 6.45) is -0.0991. The van der Waals surface area contributed by atoms with Crippen LogP contribution in [0, 0.1) is 0 Å². The molecular formula is C12H18Cl2N2O. The first-order valence-corrected chi connectivity index (χ1v) is 6.21. The normalized spacial score (nSPS) is 15.0. The van der Waals surface area contributed by atoms with E-state index in [-0.39, 0.29) is 6.04 Å². The van der Waals surface area contributed by atoms with Crippen LogP contribution >= 0.6 is 23.2 Å². The molecule has 0 aliphatic carbocycles. The van der Waals surface area contributed by atoms with E-state index < -0.39 is 6.10 Å². The summed E-state index contributed by atoms with van der Waals surface area (Å²) in [4.78, 5) is 2.02. The van der Waals surface area contributed by atoms with Crippen molar-refractivity contribution in [1.82, 2.24) is 4.90 Å². The van der Waals surface area contributed by atoms with E-state index in [1.165, 1.54) is 0 Å². The predicted octanol–water partition coefficient (Wildman–Crippen LogP) is 2.31. The molecule has 0 saturated heterocycles. The van der Waals surface area contributed by atoms with Gasteiger partial charge in [0, 0.05) is 11.6 Å². The number of hydrogen-bond donors (Lipinski definition) is 2. The highest BCUT2D eigenvalue weighted by atomic mass is 35.5. The van der Waals surface area contributed by atoms with Crippen molar-refractivity contribution in [2.45, 2.75) is 18.6 Å². The summed E-state index contributed by atoms with van der Waals surface area (Å²) < 4.78 is 0. The van der Waals surface area contributed by atoms with Gasteiger partial charge in [0.2, 0.25) is 0 Å². The first-order valence-electron chi connectivity index (χ1n) is 5.45. The molecule has 0 aromatic heterocycles. The van der Waals surface area contributed by atoms with Crippen LogP contribution in [0.1, 0.15) is 18.1 Å². The van der Waals surface area contributed by atoms with Crippen LogP contribution in [0.5, 0.6) is 0 Å². The highest BCUT2D eigenvalue weighted by Gasteiger charge is 2.20. The maximum Gasteiger partial charge on any atom is 0.0956 e. The number of nitrogens with zero attached hydrogens (tertiary/aromatic N) is 1. The minimum Gasteiger partial charge on any atom is -0.387 e. The molecule has 0 fully saturated rings. The zero-order valence-electron chi connectivity index (χ0n) is 10.0. The number of aliphatic hydroxyl groups excluding tert-OH is 1. The Labute approximate surface area is 112 Å². The topological polar surface area (TPSA) is 49.5 Å². The van der Waals surface area contributed by atoms with Gasteiger partial charge in [-0.3, -0.25) is 0 Å². The van der Waals surface area contributed by atoms with E-state index in [1.807, 2.05) is 19.0 Å². The largest absolute Gasteiger partial charge is 0.387 e. The summed E-state index contributed by atoms with van der Waals surface area (Å²) in [5.41, 5.74) is 6.53. The molecule has 0 saturated carbocycles. The standard InChI is InChI=1S/C12H18Cl2N2O/c1-16(2)7-6-10(15)12(17)8-4-3-5-9(13)11(8)14/h3-5,10,12,17H,6-7,15H2,1-2H3. The SMILES string of the molecule is CN(C)CCC(N)C(O)c1cccc(Cl)c1Cl. The minimum absolute atomic E-state index is 0.353. The molecule has 0 amide bonds. The molecule has 1 rings (SSSR count). The van der Waals surface area contributed by atoms with Gasteiger partial charge in [-0.2, -0.15) is 0 Å². The molecular weight excluding hydrogens is 259 g/mol. The van der Waals surface area contributed by atoms with Crippen LogP contribution in [0.4, 0.5) is 0 Å². The molecule has 0 aliphatic rings. The van der Waals surface area contributed by atoms with Crippen LogP contribution in [-0.4, -0.2) is 36.7 Å². The molecule has 0 bridgehead atoms. The Morgan fingerprint density at radius 2 is 2.00 bits per heavy atom. The summed E-state index contributed by atoms with van der Waals surface area (Å²) in [6, 6.07) is 4.83. The summed E-state index contributed by atoms with van der Waals surface area (Å²) in [5.74, 6) is 0. The molecule has 0 heterocycles. The van der Waals surface area contributed by atoms with E-state index >= 15 is 0 Å². The number of nitrogens with two attached hydrogens (primary N) is 1. The first-order chi connectivity index (χ1) is 7.93. The maximum absolute atomic E-state index is 10.1. The number of benzene rings is 1. The van der Waals surface area contributed by atoms with Crippen molar-refractivity contribution in [3.05, 3.63) is 33.8 Å². The van der Waals surface area contributed by atoms with Crippen LogP contribution in [0.3, 0.4) is 0 Å². The number of hydrogen-bond acceptors (Lipinski definition) is 3. The van der Waals surface area contributed by atoms with Gasteiger partial charge in [0.15, 0.2) is 0 Å². The van der Waals surface area contributed by atoms with Crippen molar-refractivity contribution in [1.29, 1.82) is 0 Å². The quantitative estimate of drug-likeness (QED) is 0.868. The van der Waals surface area contributed by atoms with Gasteiger partial charge in [-0.05, 0) is 33.1 Å². The molecule has 17 heavy (non-hydrogen) atoms. The van der Waals surface area contributed by atoms with Gasteiger partial charge in [-0.25, -0.2) is 0 Å². The third-order valence-electron chi connectivity index (χ3n) is 2.62. The molecule has 1 aromatic rings. The van der Waals surface area contributed by atoms with Crippen molar-refractivity contribution in [2.24, 2.45) is 5.73 Å². The van der Waals surface area contributed by atoms with Crippen LogP contribution in [-0.2, 0) is 0 Å². The second kappa shape index (κ2) is 6.57. The van der Waals surface area contributed by atoms with Gasteiger partial charge in [-0.15, -0.1) is 0 Å². The third kappa shape index (κ3) is 4.12. The average Bonchev–Trinajstić information content (AvgIpc) is 2.28. The Bertz CT molecular complexity index is 372. The Hall–Kier alpha value is -0.320. The monoisotopic (exact) mass is 276 g/mol. The van der Waals surface area contributed by atoms with E-state index in [2.05, 4.69) is 0 Å². The minimum atomic E-state index is -0.791. The molecule has 2 unspecified atom stereocenters. The highest BCUT2D eigenvalue weighted by molar-refractivity contribution is 6.42. The lowest BCUT2D eigenvalue weighted by atomic mass is 10.0. The van der Waals surface area contributed by atoms with Crippen LogP contribution in [0.15, 0.2) is 18.2 Å². The molecule has 0 aliphatic heterocycles. The van der Waals surface area contributed by atoms with E-state index in [4.69, 9.17) is 28.9 Å². The molecule has 96 valence electrons. The van der Waals surface area contributed by atoms with Crippen molar-refractivity contribution in [3.8, 4) is 0 Å². The van der Waals surface area contributed by atoms with Crippen molar-refractivity contribution < 1.29 is 5.11 Å². The first kappa shape index (κ1) is 14.7. The second-order valence-corrected chi connectivity index (χ2v) is 5.13. The number of aliphatic hydroxyl groups is 1.